The van der Waals surface area contributed by atoms with E-state index in [1.165, 1.54) is 5.56 Å². The molecule has 0 atom stereocenters. The highest BCUT2D eigenvalue weighted by molar-refractivity contribution is 7.41. The minimum Gasteiger partial charge on any atom is -0.409 e. The van der Waals surface area contributed by atoms with Gasteiger partial charge in [-0.3, -0.25) is 0 Å². The first-order chi connectivity index (χ1) is 6.08. The van der Waals surface area contributed by atoms with E-state index in [0.717, 1.165) is 12.8 Å². The third-order valence-electron chi connectivity index (χ3n) is 1.79. The van der Waals surface area contributed by atoms with E-state index in [9.17, 15) is 0 Å². The van der Waals surface area contributed by atoms with Crippen molar-refractivity contribution in [1.29, 1.82) is 0 Å². The van der Waals surface area contributed by atoms with Crippen LogP contribution in [0.2, 0.25) is 6.04 Å². The zero-order valence-corrected chi connectivity index (χ0v) is 9.72. The van der Waals surface area contributed by atoms with Gasteiger partial charge in [0.2, 0.25) is 0 Å². The van der Waals surface area contributed by atoms with E-state index in [-0.39, 0.29) is 0 Å². The first kappa shape index (κ1) is 11.1. The molecule has 0 amide bonds. The van der Waals surface area contributed by atoms with Gasteiger partial charge in [-0.05, 0) is 24.4 Å². The first-order valence-corrected chi connectivity index (χ1v) is 8.40. The summed E-state index contributed by atoms with van der Waals surface area (Å²) in [6, 6.07) is 10.6. The summed E-state index contributed by atoms with van der Waals surface area (Å²) in [5.41, 5.74) is 1.26. The highest BCUT2D eigenvalue weighted by atomic mass is 35.7. The molecule has 4 heteroatoms. The maximum atomic E-state index is 9.17. The smallest absolute Gasteiger partial charge is 0.386 e. The summed E-state index contributed by atoms with van der Waals surface area (Å²) in [4.78, 5) is 9.17. The average Bonchev–Trinajstić information content (AvgIpc) is 2.04. The molecule has 0 aliphatic carbocycles. The van der Waals surface area contributed by atoms with Gasteiger partial charge in [-0.25, -0.2) is 0 Å². The third kappa shape index (κ3) is 5.31. The highest BCUT2D eigenvalue weighted by Gasteiger charge is 2.23. The summed E-state index contributed by atoms with van der Waals surface area (Å²) in [7, 11) is 0. The van der Waals surface area contributed by atoms with Crippen molar-refractivity contribution in [2.24, 2.45) is 0 Å². The Bertz CT molecular complexity index is 246. The summed E-state index contributed by atoms with van der Waals surface area (Å²) in [5.74, 6) is 0. The van der Waals surface area contributed by atoms with E-state index in [1.54, 1.807) is 0 Å². The lowest BCUT2D eigenvalue weighted by Gasteiger charge is -2.07. The van der Waals surface area contributed by atoms with E-state index < -0.39 is 6.94 Å². The molecular weight excluding hydrogens is 223 g/mol. The standard InChI is InChI=1S/C9H12Cl2OSi/c10-13(11,12)8-4-7-9-5-2-1-3-6-9/h1-3,5-6,12H,4,7-8H2. The Morgan fingerprint density at radius 2 is 1.77 bits per heavy atom. The fourth-order valence-corrected chi connectivity index (χ4v) is 2.55. The molecule has 0 saturated carbocycles. The fourth-order valence-electron chi connectivity index (χ4n) is 1.15. The number of rotatable bonds is 4. The van der Waals surface area contributed by atoms with Gasteiger partial charge in [-0.2, -0.15) is 0 Å². The molecule has 0 unspecified atom stereocenters. The molecule has 72 valence electrons. The van der Waals surface area contributed by atoms with Crippen LogP contribution in [0.15, 0.2) is 30.3 Å². The minimum absolute atomic E-state index is 0.533. The van der Waals surface area contributed by atoms with Crippen molar-refractivity contribution in [1.82, 2.24) is 0 Å². The topological polar surface area (TPSA) is 20.2 Å². The molecule has 0 saturated heterocycles. The van der Waals surface area contributed by atoms with Crippen LogP contribution >= 0.6 is 22.2 Å². The quantitative estimate of drug-likeness (QED) is 0.628. The molecule has 1 nitrogen and oxygen atoms in total. The zero-order valence-electron chi connectivity index (χ0n) is 7.21. The lowest BCUT2D eigenvalue weighted by molar-refractivity contribution is 0.577. The van der Waals surface area contributed by atoms with Crippen molar-refractivity contribution >= 4 is 29.1 Å². The molecule has 0 aromatic heterocycles. The number of aryl methyl sites for hydroxylation is 1. The molecule has 1 N–H and O–H groups in total. The molecule has 0 heterocycles. The van der Waals surface area contributed by atoms with Gasteiger partial charge in [-0.1, -0.05) is 30.3 Å². The van der Waals surface area contributed by atoms with Crippen LogP contribution in [-0.4, -0.2) is 11.7 Å². The minimum atomic E-state index is -2.87. The number of benzene rings is 1. The van der Waals surface area contributed by atoms with E-state index >= 15 is 0 Å². The second-order valence-electron chi connectivity index (χ2n) is 3.00. The normalized spacial score (nSPS) is 11.6. The van der Waals surface area contributed by atoms with E-state index in [4.69, 9.17) is 27.0 Å². The van der Waals surface area contributed by atoms with E-state index in [2.05, 4.69) is 12.1 Å². The SMILES string of the molecule is O[Si](Cl)(Cl)CCCc1ccccc1. The fraction of sp³-hybridized carbons (Fsp3) is 0.333. The molecular formula is C9H12Cl2OSi. The summed E-state index contributed by atoms with van der Waals surface area (Å²) in [5, 5.41) is 0. The Kier molecular flexibility index (Phi) is 4.26. The Balaban J connectivity index is 2.29. The second kappa shape index (κ2) is 5.01. The predicted octanol–water partition coefficient (Wildman–Crippen LogP) is 3.03. The maximum absolute atomic E-state index is 9.17. The molecule has 0 bridgehead atoms. The van der Waals surface area contributed by atoms with Crippen molar-refractivity contribution in [2.75, 3.05) is 0 Å². The van der Waals surface area contributed by atoms with Crippen LogP contribution < -0.4 is 0 Å². The highest BCUT2D eigenvalue weighted by Crippen LogP contribution is 2.19. The second-order valence-corrected chi connectivity index (χ2v) is 9.17. The number of hydrogen-bond donors (Lipinski definition) is 1. The van der Waals surface area contributed by atoms with Crippen LogP contribution in [-0.2, 0) is 6.42 Å². The van der Waals surface area contributed by atoms with Crippen LogP contribution in [0.4, 0.5) is 0 Å². The van der Waals surface area contributed by atoms with Gasteiger partial charge >= 0.3 is 6.94 Å². The molecule has 1 aromatic rings. The van der Waals surface area contributed by atoms with Gasteiger partial charge < -0.3 is 4.80 Å². The summed E-state index contributed by atoms with van der Waals surface area (Å²) < 4.78 is 0. The van der Waals surface area contributed by atoms with Gasteiger partial charge in [0.1, 0.15) is 0 Å². The van der Waals surface area contributed by atoms with Crippen molar-refractivity contribution in [3.8, 4) is 0 Å². The van der Waals surface area contributed by atoms with Gasteiger partial charge in [0.05, 0.1) is 0 Å². The largest absolute Gasteiger partial charge is 0.409 e. The third-order valence-corrected chi connectivity index (χ3v) is 3.87. The van der Waals surface area contributed by atoms with Gasteiger partial charge in [0, 0.05) is 0 Å². The maximum Gasteiger partial charge on any atom is 0.386 e. The van der Waals surface area contributed by atoms with Gasteiger partial charge in [0.25, 0.3) is 0 Å². The molecule has 13 heavy (non-hydrogen) atoms. The Hall–Kier alpha value is -0.0231. The number of hydrogen-bond acceptors (Lipinski definition) is 1. The molecule has 0 fully saturated rings. The Morgan fingerprint density at radius 1 is 1.15 bits per heavy atom. The Morgan fingerprint density at radius 3 is 2.31 bits per heavy atom. The molecule has 0 spiro atoms. The van der Waals surface area contributed by atoms with Crippen molar-refractivity contribution in [3.63, 3.8) is 0 Å². The summed E-state index contributed by atoms with van der Waals surface area (Å²) in [6.45, 7) is -2.87. The zero-order chi connectivity index (χ0) is 9.73. The summed E-state index contributed by atoms with van der Waals surface area (Å²) >= 11 is 11.1. The van der Waals surface area contributed by atoms with Crippen molar-refractivity contribution in [3.05, 3.63) is 35.9 Å². The van der Waals surface area contributed by atoms with E-state index in [0.29, 0.717) is 6.04 Å². The summed E-state index contributed by atoms with van der Waals surface area (Å²) in [6.07, 6.45) is 1.77. The van der Waals surface area contributed by atoms with Crippen LogP contribution in [0.1, 0.15) is 12.0 Å². The molecule has 1 aromatic carbocycles. The van der Waals surface area contributed by atoms with Crippen LogP contribution in [0.5, 0.6) is 0 Å². The van der Waals surface area contributed by atoms with E-state index in [1.807, 2.05) is 18.2 Å². The molecule has 1 rings (SSSR count). The van der Waals surface area contributed by atoms with Gasteiger partial charge in [-0.15, -0.1) is 22.2 Å². The lowest BCUT2D eigenvalue weighted by Crippen LogP contribution is -2.17. The van der Waals surface area contributed by atoms with Crippen LogP contribution in [0.25, 0.3) is 0 Å². The van der Waals surface area contributed by atoms with Crippen LogP contribution in [0.3, 0.4) is 0 Å². The lowest BCUT2D eigenvalue weighted by atomic mass is 10.1. The predicted molar refractivity (Wildman–Crippen MR) is 59.2 cm³/mol. The average molecular weight is 235 g/mol. The van der Waals surface area contributed by atoms with Crippen molar-refractivity contribution in [2.45, 2.75) is 18.9 Å². The van der Waals surface area contributed by atoms with Gasteiger partial charge in [0.15, 0.2) is 0 Å². The first-order valence-electron chi connectivity index (χ1n) is 4.22. The van der Waals surface area contributed by atoms with Crippen LogP contribution in [0, 0.1) is 0 Å². The molecule has 0 aliphatic heterocycles. The molecule has 0 aliphatic rings. The van der Waals surface area contributed by atoms with Crippen molar-refractivity contribution < 1.29 is 4.80 Å². The Labute approximate surface area is 88.8 Å². The molecule has 0 radical (unpaired) electrons. The number of halogens is 2. The monoisotopic (exact) mass is 234 g/mol.